The van der Waals surface area contributed by atoms with Crippen LogP contribution in [0.4, 0.5) is 0 Å². The predicted molar refractivity (Wildman–Crippen MR) is 58.8 cm³/mol. The van der Waals surface area contributed by atoms with Gasteiger partial charge in [0.25, 0.3) is 5.91 Å². The molecule has 0 aromatic heterocycles. The quantitative estimate of drug-likeness (QED) is 0.836. The molecule has 1 aliphatic heterocycles. The summed E-state index contributed by atoms with van der Waals surface area (Å²) in [5, 5.41) is 8.60. The fraction of sp³-hybridized carbons (Fsp3) is 0.167. The number of carbonyl (C=O) groups is 2. The van der Waals surface area contributed by atoms with Crippen LogP contribution in [0.2, 0.25) is 0 Å². The second kappa shape index (κ2) is 3.81. The monoisotopic (exact) mass is 217 g/mol. The van der Waals surface area contributed by atoms with E-state index >= 15 is 0 Å². The van der Waals surface area contributed by atoms with Crippen LogP contribution < -0.4 is 0 Å². The maximum atomic E-state index is 11.9. The van der Waals surface area contributed by atoms with E-state index in [-0.39, 0.29) is 18.9 Å². The number of nitrogens with zero attached hydrogens (tertiary/aromatic N) is 1. The van der Waals surface area contributed by atoms with Crippen molar-refractivity contribution in [3.63, 3.8) is 0 Å². The van der Waals surface area contributed by atoms with Crippen LogP contribution in [-0.4, -0.2) is 28.4 Å². The van der Waals surface area contributed by atoms with Crippen LogP contribution in [0, 0.1) is 0 Å². The molecule has 2 rings (SSSR count). The van der Waals surface area contributed by atoms with E-state index in [2.05, 4.69) is 6.58 Å². The molecule has 1 aliphatic rings. The third kappa shape index (κ3) is 1.58. The van der Waals surface area contributed by atoms with Crippen molar-refractivity contribution in [1.29, 1.82) is 0 Å². The molecule has 0 fully saturated rings. The molecule has 1 aromatic carbocycles. The maximum absolute atomic E-state index is 11.9. The van der Waals surface area contributed by atoms with Gasteiger partial charge in [-0.25, -0.2) is 0 Å². The lowest BCUT2D eigenvalue weighted by Gasteiger charge is -2.15. The number of hydrogen-bond donors (Lipinski definition) is 1. The lowest BCUT2D eigenvalue weighted by Crippen LogP contribution is -2.25. The molecule has 4 heteroatoms. The number of carbonyl (C=O) groups excluding carboxylic acids is 1. The third-order valence-corrected chi connectivity index (χ3v) is 2.59. The molecule has 1 N–H and O–H groups in total. The fourth-order valence-corrected chi connectivity index (χ4v) is 1.78. The number of carboxylic acid groups (broad SMARTS) is 1. The van der Waals surface area contributed by atoms with E-state index in [1.165, 1.54) is 4.90 Å². The first-order valence-corrected chi connectivity index (χ1v) is 4.93. The van der Waals surface area contributed by atoms with E-state index in [1.807, 2.05) is 12.1 Å². The Bertz CT molecular complexity index is 444. The highest BCUT2D eigenvalue weighted by Crippen LogP contribution is 2.30. The molecular formula is C12H11NO3. The normalized spacial score (nSPS) is 14.1. The minimum atomic E-state index is -0.920. The first-order chi connectivity index (χ1) is 7.61. The molecule has 0 atom stereocenters. The number of amides is 1. The first-order valence-electron chi connectivity index (χ1n) is 4.93. The Balaban J connectivity index is 2.25. The van der Waals surface area contributed by atoms with E-state index in [0.29, 0.717) is 11.3 Å². The van der Waals surface area contributed by atoms with Crippen molar-refractivity contribution in [2.75, 3.05) is 6.54 Å². The summed E-state index contributed by atoms with van der Waals surface area (Å²) >= 11 is 0. The molecular weight excluding hydrogens is 206 g/mol. The van der Waals surface area contributed by atoms with Crippen LogP contribution in [0.5, 0.6) is 0 Å². The van der Waals surface area contributed by atoms with Crippen molar-refractivity contribution in [2.24, 2.45) is 0 Å². The average molecular weight is 217 g/mol. The minimum Gasteiger partial charge on any atom is -0.481 e. The van der Waals surface area contributed by atoms with E-state index in [0.717, 1.165) is 5.56 Å². The van der Waals surface area contributed by atoms with E-state index < -0.39 is 5.97 Å². The van der Waals surface area contributed by atoms with Gasteiger partial charge in [-0.3, -0.25) is 9.59 Å². The van der Waals surface area contributed by atoms with Gasteiger partial charge in [-0.1, -0.05) is 24.8 Å². The van der Waals surface area contributed by atoms with Crippen LogP contribution in [0.25, 0.3) is 5.70 Å². The molecule has 0 saturated heterocycles. The van der Waals surface area contributed by atoms with Crippen molar-refractivity contribution < 1.29 is 14.7 Å². The number of hydrogen-bond acceptors (Lipinski definition) is 2. The summed E-state index contributed by atoms with van der Waals surface area (Å²) in [4.78, 5) is 23.8. The number of fused-ring (bicyclic) bond motifs is 1. The molecule has 0 unspecified atom stereocenters. The second-order valence-electron chi connectivity index (χ2n) is 3.59. The van der Waals surface area contributed by atoms with Crippen LogP contribution in [0.15, 0.2) is 30.8 Å². The molecule has 0 spiro atoms. The van der Waals surface area contributed by atoms with Gasteiger partial charge in [-0.2, -0.15) is 0 Å². The number of benzene rings is 1. The number of carboxylic acids is 1. The molecule has 1 amide bonds. The molecule has 1 aromatic rings. The number of rotatable bonds is 3. The third-order valence-electron chi connectivity index (χ3n) is 2.59. The maximum Gasteiger partial charge on any atom is 0.305 e. The van der Waals surface area contributed by atoms with Crippen molar-refractivity contribution in [1.82, 2.24) is 4.90 Å². The molecule has 0 bridgehead atoms. The zero-order valence-corrected chi connectivity index (χ0v) is 8.64. The van der Waals surface area contributed by atoms with E-state index in [1.54, 1.807) is 12.1 Å². The SMILES string of the molecule is C=C1c2ccccc2C(=O)N1CCC(=O)O. The molecule has 0 aliphatic carbocycles. The van der Waals surface area contributed by atoms with Crippen molar-refractivity contribution in [3.05, 3.63) is 42.0 Å². The Kier molecular flexibility index (Phi) is 2.48. The molecule has 4 nitrogen and oxygen atoms in total. The van der Waals surface area contributed by atoms with Gasteiger partial charge in [0.1, 0.15) is 0 Å². The van der Waals surface area contributed by atoms with Crippen molar-refractivity contribution in [2.45, 2.75) is 6.42 Å². The molecule has 82 valence electrons. The summed E-state index contributed by atoms with van der Waals surface area (Å²) in [6.45, 7) is 3.99. The summed E-state index contributed by atoms with van der Waals surface area (Å²) in [5.41, 5.74) is 1.97. The average Bonchev–Trinajstić information content (AvgIpc) is 2.50. The van der Waals surface area contributed by atoms with Crippen molar-refractivity contribution >= 4 is 17.6 Å². The van der Waals surface area contributed by atoms with E-state index in [9.17, 15) is 9.59 Å². The van der Waals surface area contributed by atoms with Gasteiger partial charge in [0.2, 0.25) is 0 Å². The summed E-state index contributed by atoms with van der Waals surface area (Å²) in [5.74, 6) is -1.08. The Morgan fingerprint density at radius 1 is 1.31 bits per heavy atom. The predicted octanol–water partition coefficient (Wildman–Crippen LogP) is 1.59. The Labute approximate surface area is 92.8 Å². The van der Waals surface area contributed by atoms with Crippen LogP contribution in [0.1, 0.15) is 22.3 Å². The highest BCUT2D eigenvalue weighted by atomic mass is 16.4. The summed E-state index contributed by atoms with van der Waals surface area (Å²) in [7, 11) is 0. The number of aliphatic carboxylic acids is 1. The fourth-order valence-electron chi connectivity index (χ4n) is 1.78. The Hall–Kier alpha value is -2.10. The van der Waals surface area contributed by atoms with Gasteiger partial charge in [0, 0.05) is 23.4 Å². The molecule has 0 radical (unpaired) electrons. The van der Waals surface area contributed by atoms with Crippen LogP contribution >= 0.6 is 0 Å². The van der Waals surface area contributed by atoms with Gasteiger partial charge in [0.15, 0.2) is 0 Å². The van der Waals surface area contributed by atoms with Gasteiger partial charge < -0.3 is 10.0 Å². The summed E-state index contributed by atoms with van der Waals surface area (Å²) in [6, 6.07) is 7.16. The van der Waals surface area contributed by atoms with E-state index in [4.69, 9.17) is 5.11 Å². The van der Waals surface area contributed by atoms with Gasteiger partial charge in [-0.15, -0.1) is 0 Å². The molecule has 16 heavy (non-hydrogen) atoms. The Morgan fingerprint density at radius 3 is 2.50 bits per heavy atom. The lowest BCUT2D eigenvalue weighted by molar-refractivity contribution is -0.137. The van der Waals surface area contributed by atoms with Crippen LogP contribution in [0.3, 0.4) is 0 Å². The zero-order chi connectivity index (χ0) is 11.7. The van der Waals surface area contributed by atoms with Gasteiger partial charge >= 0.3 is 5.97 Å². The smallest absolute Gasteiger partial charge is 0.305 e. The highest BCUT2D eigenvalue weighted by Gasteiger charge is 2.30. The summed E-state index contributed by atoms with van der Waals surface area (Å²) < 4.78 is 0. The highest BCUT2D eigenvalue weighted by molar-refractivity contribution is 6.08. The largest absolute Gasteiger partial charge is 0.481 e. The molecule has 1 heterocycles. The lowest BCUT2D eigenvalue weighted by atomic mass is 10.1. The van der Waals surface area contributed by atoms with Gasteiger partial charge in [-0.05, 0) is 6.07 Å². The summed E-state index contributed by atoms with van der Waals surface area (Å²) in [6.07, 6.45) is -0.0707. The topological polar surface area (TPSA) is 57.6 Å². The second-order valence-corrected chi connectivity index (χ2v) is 3.59. The van der Waals surface area contributed by atoms with Gasteiger partial charge in [0.05, 0.1) is 6.42 Å². The first kappa shape index (κ1) is 10.4. The minimum absolute atomic E-state index is 0.0707. The zero-order valence-electron chi connectivity index (χ0n) is 8.64. The van der Waals surface area contributed by atoms with Crippen LogP contribution in [-0.2, 0) is 4.79 Å². The van der Waals surface area contributed by atoms with Crippen molar-refractivity contribution in [3.8, 4) is 0 Å². The molecule has 0 saturated carbocycles. The standard InChI is InChI=1S/C12H11NO3/c1-8-9-4-2-3-5-10(9)12(16)13(8)7-6-11(14)15/h2-5H,1,6-7H2,(H,14,15). The Morgan fingerprint density at radius 2 is 1.94 bits per heavy atom.